The summed E-state index contributed by atoms with van der Waals surface area (Å²) in [5.41, 5.74) is 8.98. The van der Waals surface area contributed by atoms with Crippen LogP contribution in [0.1, 0.15) is 26.3 Å². The van der Waals surface area contributed by atoms with Gasteiger partial charge < -0.3 is 20.7 Å². The van der Waals surface area contributed by atoms with Gasteiger partial charge in [-0.05, 0) is 60.7 Å². The Labute approximate surface area is 169 Å². The van der Waals surface area contributed by atoms with E-state index >= 15 is 0 Å². The number of para-hydroxylation sites is 1. The molecule has 0 spiro atoms. The molecule has 0 aromatic heterocycles. The van der Waals surface area contributed by atoms with Crippen molar-refractivity contribution in [2.45, 2.75) is 0 Å². The van der Waals surface area contributed by atoms with Gasteiger partial charge in [-0.15, -0.1) is 0 Å². The number of rotatable bonds is 6. The van der Waals surface area contributed by atoms with Crippen molar-refractivity contribution in [3.63, 3.8) is 0 Å². The van der Waals surface area contributed by atoms with Crippen molar-refractivity contribution in [1.29, 1.82) is 0 Å². The molecule has 0 aliphatic rings. The number of methoxy groups -OCH3 is 1. The summed E-state index contributed by atoms with van der Waals surface area (Å²) in [6.07, 6.45) is 0. The second-order valence-corrected chi connectivity index (χ2v) is 6.72. The minimum Gasteiger partial charge on any atom is -0.497 e. The summed E-state index contributed by atoms with van der Waals surface area (Å²) in [5.74, 6) is 0.0769. The van der Waals surface area contributed by atoms with Gasteiger partial charge in [0.05, 0.1) is 18.5 Å². The number of nitrogens with one attached hydrogen (secondary N) is 1. The standard InChI is InChI=1S/C23H23N3O3/c1-26(2)17-11-7-15(8-12-17)22(27)19-5-4-6-20(24)21(19)25-23(28)16-9-13-18(29-3)14-10-16/h4-14H,24H2,1-3H3,(H,25,28). The number of nitrogen functional groups attached to an aromatic ring is 1. The van der Waals surface area contributed by atoms with Gasteiger partial charge in [-0.3, -0.25) is 9.59 Å². The van der Waals surface area contributed by atoms with Crippen LogP contribution in [0.25, 0.3) is 0 Å². The number of carbonyl (C=O) groups excluding carboxylic acids is 2. The molecule has 0 saturated heterocycles. The summed E-state index contributed by atoms with van der Waals surface area (Å²) in [6.45, 7) is 0. The molecule has 0 aliphatic carbocycles. The monoisotopic (exact) mass is 389 g/mol. The maximum atomic E-state index is 13.1. The SMILES string of the molecule is COc1ccc(C(=O)Nc2c(N)cccc2C(=O)c2ccc(N(C)C)cc2)cc1. The molecule has 6 heteroatoms. The molecule has 3 aromatic rings. The maximum absolute atomic E-state index is 13.1. The zero-order valence-electron chi connectivity index (χ0n) is 16.6. The number of benzene rings is 3. The van der Waals surface area contributed by atoms with Gasteiger partial charge in [0.25, 0.3) is 5.91 Å². The highest BCUT2D eigenvalue weighted by atomic mass is 16.5. The first-order valence-electron chi connectivity index (χ1n) is 9.06. The highest BCUT2D eigenvalue weighted by Gasteiger charge is 2.18. The molecule has 0 saturated carbocycles. The topological polar surface area (TPSA) is 84.7 Å². The minimum atomic E-state index is -0.359. The van der Waals surface area contributed by atoms with Crippen LogP contribution in [0.15, 0.2) is 66.7 Å². The fraction of sp³-hybridized carbons (Fsp3) is 0.130. The number of anilines is 3. The molecular formula is C23H23N3O3. The summed E-state index contributed by atoms with van der Waals surface area (Å²) >= 11 is 0. The molecule has 0 bridgehead atoms. The third-order valence-corrected chi connectivity index (χ3v) is 4.58. The Morgan fingerprint density at radius 1 is 0.897 bits per heavy atom. The third-order valence-electron chi connectivity index (χ3n) is 4.58. The molecule has 6 nitrogen and oxygen atoms in total. The van der Waals surface area contributed by atoms with E-state index in [0.717, 1.165) is 5.69 Å². The van der Waals surface area contributed by atoms with Gasteiger partial charge in [-0.1, -0.05) is 6.07 Å². The number of nitrogens with zero attached hydrogens (tertiary/aromatic N) is 1. The molecular weight excluding hydrogens is 366 g/mol. The molecule has 0 fully saturated rings. The molecule has 1 amide bonds. The summed E-state index contributed by atoms with van der Waals surface area (Å²) in [5, 5.41) is 2.78. The van der Waals surface area contributed by atoms with Crippen molar-refractivity contribution in [3.05, 3.63) is 83.4 Å². The minimum absolute atomic E-state index is 0.215. The zero-order chi connectivity index (χ0) is 21.0. The highest BCUT2D eigenvalue weighted by Crippen LogP contribution is 2.27. The van der Waals surface area contributed by atoms with Gasteiger partial charge in [0.2, 0.25) is 0 Å². The van der Waals surface area contributed by atoms with E-state index in [2.05, 4.69) is 5.32 Å². The van der Waals surface area contributed by atoms with Crippen LogP contribution in [-0.4, -0.2) is 32.9 Å². The van der Waals surface area contributed by atoms with Crippen LogP contribution in [0.3, 0.4) is 0 Å². The lowest BCUT2D eigenvalue weighted by Crippen LogP contribution is -2.17. The lowest BCUT2D eigenvalue weighted by molar-refractivity contribution is 0.102. The lowest BCUT2D eigenvalue weighted by atomic mass is 10.00. The number of carbonyl (C=O) groups is 2. The van der Waals surface area contributed by atoms with Gasteiger partial charge in [0.15, 0.2) is 5.78 Å². The lowest BCUT2D eigenvalue weighted by Gasteiger charge is -2.15. The van der Waals surface area contributed by atoms with Crippen LogP contribution in [0, 0.1) is 0 Å². The maximum Gasteiger partial charge on any atom is 0.255 e. The van der Waals surface area contributed by atoms with E-state index in [-0.39, 0.29) is 11.7 Å². The first kappa shape index (κ1) is 19.9. The number of ether oxygens (including phenoxy) is 1. The predicted octanol–water partition coefficient (Wildman–Crippen LogP) is 3.83. The second-order valence-electron chi connectivity index (χ2n) is 6.72. The number of amides is 1. The largest absolute Gasteiger partial charge is 0.497 e. The first-order chi connectivity index (χ1) is 13.9. The van der Waals surface area contributed by atoms with Gasteiger partial charge in [-0.2, -0.15) is 0 Å². The van der Waals surface area contributed by atoms with E-state index in [1.54, 1.807) is 61.7 Å². The Morgan fingerprint density at radius 2 is 1.52 bits per heavy atom. The first-order valence-corrected chi connectivity index (χ1v) is 9.06. The Kier molecular flexibility index (Phi) is 5.83. The van der Waals surface area contributed by atoms with E-state index < -0.39 is 0 Å². The van der Waals surface area contributed by atoms with Gasteiger partial charge in [0, 0.05) is 36.5 Å². The quantitative estimate of drug-likeness (QED) is 0.494. The number of hydrogen-bond donors (Lipinski definition) is 2. The van der Waals surface area contributed by atoms with Crippen LogP contribution in [0.5, 0.6) is 5.75 Å². The molecule has 148 valence electrons. The molecule has 0 unspecified atom stereocenters. The summed E-state index contributed by atoms with van der Waals surface area (Å²) < 4.78 is 5.11. The zero-order valence-corrected chi connectivity index (χ0v) is 16.6. The molecule has 0 atom stereocenters. The normalized spacial score (nSPS) is 10.3. The van der Waals surface area contributed by atoms with Crippen molar-refractivity contribution in [2.75, 3.05) is 37.2 Å². The predicted molar refractivity (Wildman–Crippen MR) is 116 cm³/mol. The Morgan fingerprint density at radius 3 is 2.10 bits per heavy atom. The fourth-order valence-corrected chi connectivity index (χ4v) is 2.89. The van der Waals surface area contributed by atoms with E-state index in [1.165, 1.54) is 0 Å². The summed E-state index contributed by atoms with van der Waals surface area (Å²) in [6, 6.07) is 18.9. The number of hydrogen-bond acceptors (Lipinski definition) is 5. The van der Waals surface area contributed by atoms with Crippen molar-refractivity contribution in [1.82, 2.24) is 0 Å². The van der Waals surface area contributed by atoms with Crippen LogP contribution in [-0.2, 0) is 0 Å². The number of nitrogens with two attached hydrogens (primary N) is 1. The molecule has 3 aromatic carbocycles. The van der Waals surface area contributed by atoms with Crippen LogP contribution in [0.2, 0.25) is 0 Å². The molecule has 3 N–H and O–H groups in total. The van der Waals surface area contributed by atoms with Crippen molar-refractivity contribution < 1.29 is 14.3 Å². The summed E-state index contributed by atoms with van der Waals surface area (Å²) in [4.78, 5) is 27.7. The van der Waals surface area contributed by atoms with Crippen LogP contribution in [0.4, 0.5) is 17.1 Å². The van der Waals surface area contributed by atoms with E-state index in [1.807, 2.05) is 31.1 Å². The van der Waals surface area contributed by atoms with Gasteiger partial charge in [-0.25, -0.2) is 0 Å². The summed E-state index contributed by atoms with van der Waals surface area (Å²) in [7, 11) is 5.42. The van der Waals surface area contributed by atoms with Crippen LogP contribution >= 0.6 is 0 Å². The Hall–Kier alpha value is -3.80. The van der Waals surface area contributed by atoms with Gasteiger partial charge in [0.1, 0.15) is 5.75 Å². The van der Waals surface area contributed by atoms with Crippen molar-refractivity contribution in [3.8, 4) is 5.75 Å². The highest BCUT2D eigenvalue weighted by molar-refractivity contribution is 6.17. The smallest absolute Gasteiger partial charge is 0.255 e. The number of ketones is 1. The molecule has 0 radical (unpaired) electrons. The van der Waals surface area contributed by atoms with Crippen molar-refractivity contribution in [2.24, 2.45) is 0 Å². The van der Waals surface area contributed by atoms with Gasteiger partial charge >= 0.3 is 0 Å². The Balaban J connectivity index is 1.90. The molecule has 29 heavy (non-hydrogen) atoms. The molecule has 3 rings (SSSR count). The average molecular weight is 389 g/mol. The van der Waals surface area contributed by atoms with E-state index in [4.69, 9.17) is 10.5 Å². The molecule has 0 aliphatic heterocycles. The fourth-order valence-electron chi connectivity index (χ4n) is 2.89. The third kappa shape index (κ3) is 4.38. The Bertz CT molecular complexity index is 1030. The van der Waals surface area contributed by atoms with Crippen LogP contribution < -0.4 is 20.7 Å². The van der Waals surface area contributed by atoms with Crippen molar-refractivity contribution >= 4 is 28.8 Å². The van der Waals surface area contributed by atoms with E-state index in [9.17, 15) is 9.59 Å². The molecule has 0 heterocycles. The average Bonchev–Trinajstić information content (AvgIpc) is 2.74. The second kappa shape index (κ2) is 8.48. The van der Waals surface area contributed by atoms with E-state index in [0.29, 0.717) is 33.8 Å².